The lowest BCUT2D eigenvalue weighted by atomic mass is 9.93. The lowest BCUT2D eigenvalue weighted by Crippen LogP contribution is -2.48. The molecule has 4 aromatic rings. The molecule has 202 valence electrons. The summed E-state index contributed by atoms with van der Waals surface area (Å²) < 4.78 is 42.5. The highest BCUT2D eigenvalue weighted by Crippen LogP contribution is 2.39. The Bertz CT molecular complexity index is 1700. The van der Waals surface area contributed by atoms with E-state index in [1.807, 2.05) is 30.3 Å². The standard InChI is InChI=1S/C28H28N4O5S2/c1-37-16-6-14-31-23-13-12-18(19-7-4-8-20(26(19)23)28(31)34)17-24(33)22-10-2-3-15-32(22)39(35,36)25-11-5-9-21-27(25)30-38-29-21/h4-5,7-9,11-13,22H,2-3,6,10,14-17H2,1H3. The summed E-state index contributed by atoms with van der Waals surface area (Å²) in [5, 5.41) is 1.70. The van der Waals surface area contributed by atoms with Crippen molar-refractivity contribution in [3.05, 3.63) is 59.7 Å². The Labute approximate surface area is 230 Å². The van der Waals surface area contributed by atoms with Crippen LogP contribution in [0, 0.1) is 0 Å². The summed E-state index contributed by atoms with van der Waals surface area (Å²) in [6.07, 6.45) is 2.73. The minimum absolute atomic E-state index is 0.0505. The van der Waals surface area contributed by atoms with Crippen molar-refractivity contribution in [3.8, 4) is 0 Å². The summed E-state index contributed by atoms with van der Waals surface area (Å²) in [7, 11) is -2.32. The smallest absolute Gasteiger partial charge is 0.258 e. The number of fused-ring (bicyclic) bond motifs is 1. The Kier molecular flexibility index (Phi) is 6.92. The van der Waals surface area contributed by atoms with Gasteiger partial charge in [0.1, 0.15) is 15.9 Å². The number of hydrogen-bond donors (Lipinski definition) is 0. The molecule has 0 aliphatic carbocycles. The number of carbonyl (C=O) groups is 2. The Morgan fingerprint density at radius 2 is 1.95 bits per heavy atom. The van der Waals surface area contributed by atoms with Gasteiger partial charge in [-0.05, 0) is 54.5 Å². The van der Waals surface area contributed by atoms with E-state index in [1.165, 1.54) is 10.4 Å². The van der Waals surface area contributed by atoms with E-state index >= 15 is 0 Å². The molecule has 3 heterocycles. The number of piperidine rings is 1. The molecule has 0 saturated carbocycles. The maximum Gasteiger partial charge on any atom is 0.258 e. The van der Waals surface area contributed by atoms with Gasteiger partial charge in [0.2, 0.25) is 10.0 Å². The highest BCUT2D eigenvalue weighted by Gasteiger charge is 2.39. The lowest BCUT2D eigenvalue weighted by molar-refractivity contribution is -0.122. The predicted octanol–water partition coefficient (Wildman–Crippen LogP) is 4.20. The fourth-order valence-electron chi connectivity index (χ4n) is 5.79. The number of hydrogen-bond acceptors (Lipinski definition) is 8. The molecule has 39 heavy (non-hydrogen) atoms. The second-order valence-electron chi connectivity index (χ2n) is 9.93. The summed E-state index contributed by atoms with van der Waals surface area (Å²) >= 11 is 0.969. The maximum absolute atomic E-state index is 13.8. The number of aromatic nitrogens is 2. The molecule has 1 fully saturated rings. The van der Waals surface area contributed by atoms with Crippen molar-refractivity contribution in [2.75, 3.05) is 31.7 Å². The van der Waals surface area contributed by atoms with E-state index < -0.39 is 16.1 Å². The third kappa shape index (κ3) is 4.43. The monoisotopic (exact) mass is 564 g/mol. The van der Waals surface area contributed by atoms with Crippen molar-refractivity contribution in [1.29, 1.82) is 0 Å². The quantitative estimate of drug-likeness (QED) is 0.280. The van der Waals surface area contributed by atoms with Crippen molar-refractivity contribution in [1.82, 2.24) is 13.1 Å². The molecule has 6 rings (SSSR count). The number of nitrogens with zero attached hydrogens (tertiary/aromatic N) is 4. The number of benzene rings is 3. The zero-order chi connectivity index (χ0) is 27.1. The van der Waals surface area contributed by atoms with Crippen LogP contribution in [-0.4, -0.2) is 66.0 Å². The molecule has 1 amide bonds. The fourth-order valence-corrected chi connectivity index (χ4v) is 8.22. The van der Waals surface area contributed by atoms with Gasteiger partial charge in [-0.3, -0.25) is 9.59 Å². The van der Waals surface area contributed by atoms with Crippen molar-refractivity contribution >= 4 is 60.9 Å². The Hall–Kier alpha value is -3.25. The Balaban J connectivity index is 1.31. The number of Topliss-reactive ketones (excluding diaryl/α,β-unsaturated/α-hetero) is 1. The van der Waals surface area contributed by atoms with Gasteiger partial charge in [0.25, 0.3) is 5.91 Å². The van der Waals surface area contributed by atoms with E-state index in [9.17, 15) is 18.0 Å². The first-order valence-electron chi connectivity index (χ1n) is 13.0. The molecule has 0 spiro atoms. The van der Waals surface area contributed by atoms with Gasteiger partial charge in [-0.25, -0.2) is 8.42 Å². The van der Waals surface area contributed by atoms with Gasteiger partial charge in [0, 0.05) is 44.2 Å². The molecule has 9 nitrogen and oxygen atoms in total. The normalized spacial score (nSPS) is 17.9. The molecule has 1 aromatic heterocycles. The number of methoxy groups -OCH3 is 1. The summed E-state index contributed by atoms with van der Waals surface area (Å²) in [4.78, 5) is 28.8. The molecule has 11 heteroatoms. The van der Waals surface area contributed by atoms with Crippen LogP contribution in [-0.2, 0) is 26.0 Å². The van der Waals surface area contributed by atoms with Crippen LogP contribution in [0.25, 0.3) is 21.8 Å². The molecular formula is C28H28N4O5S2. The number of ether oxygens (including phenoxy) is 1. The number of ketones is 1. The molecule has 3 aromatic carbocycles. The number of carbonyl (C=O) groups excluding carboxylic acids is 2. The highest BCUT2D eigenvalue weighted by atomic mass is 32.2. The molecule has 0 radical (unpaired) electrons. The van der Waals surface area contributed by atoms with Crippen molar-refractivity contribution in [3.63, 3.8) is 0 Å². The van der Waals surface area contributed by atoms with Crippen LogP contribution in [0.15, 0.2) is 53.4 Å². The molecule has 1 atom stereocenters. The van der Waals surface area contributed by atoms with E-state index in [4.69, 9.17) is 4.74 Å². The molecule has 1 unspecified atom stereocenters. The number of anilines is 1. The molecule has 2 aliphatic heterocycles. The van der Waals surface area contributed by atoms with E-state index in [2.05, 4.69) is 8.75 Å². The molecule has 2 aliphatic rings. The largest absolute Gasteiger partial charge is 0.385 e. The Morgan fingerprint density at radius 3 is 2.79 bits per heavy atom. The minimum atomic E-state index is -3.96. The SMILES string of the molecule is COCCCN1C(=O)c2cccc3c(CC(=O)C4CCCCN4S(=O)(=O)c4cccc5nsnc45)ccc1c23. The van der Waals surface area contributed by atoms with Crippen LogP contribution in [0.3, 0.4) is 0 Å². The van der Waals surface area contributed by atoms with Crippen molar-refractivity contribution in [2.45, 2.75) is 43.0 Å². The number of sulfonamides is 1. The van der Waals surface area contributed by atoms with Gasteiger partial charge < -0.3 is 9.64 Å². The van der Waals surface area contributed by atoms with Crippen LogP contribution in [0.2, 0.25) is 0 Å². The summed E-state index contributed by atoms with van der Waals surface area (Å²) in [5.41, 5.74) is 3.12. The summed E-state index contributed by atoms with van der Waals surface area (Å²) in [6, 6.07) is 13.5. The van der Waals surface area contributed by atoms with Crippen molar-refractivity contribution < 1.29 is 22.7 Å². The zero-order valence-corrected chi connectivity index (χ0v) is 23.1. The minimum Gasteiger partial charge on any atom is -0.385 e. The third-order valence-electron chi connectivity index (χ3n) is 7.63. The molecule has 1 saturated heterocycles. The van der Waals surface area contributed by atoms with Gasteiger partial charge in [-0.1, -0.05) is 30.7 Å². The van der Waals surface area contributed by atoms with Crippen LogP contribution >= 0.6 is 11.7 Å². The van der Waals surface area contributed by atoms with E-state index in [0.29, 0.717) is 49.0 Å². The van der Waals surface area contributed by atoms with Crippen molar-refractivity contribution in [2.24, 2.45) is 0 Å². The third-order valence-corrected chi connectivity index (χ3v) is 10.1. The van der Waals surface area contributed by atoms with E-state index in [1.54, 1.807) is 24.1 Å². The van der Waals surface area contributed by atoms with Gasteiger partial charge in [0.05, 0.1) is 23.5 Å². The molecular weight excluding hydrogens is 536 g/mol. The van der Waals surface area contributed by atoms with Gasteiger partial charge in [0.15, 0.2) is 5.78 Å². The number of amides is 1. The van der Waals surface area contributed by atoms with Gasteiger partial charge >= 0.3 is 0 Å². The first-order valence-corrected chi connectivity index (χ1v) is 15.2. The van der Waals surface area contributed by atoms with Gasteiger partial charge in [-0.2, -0.15) is 13.1 Å². The lowest BCUT2D eigenvalue weighted by Gasteiger charge is -2.33. The van der Waals surface area contributed by atoms with Crippen LogP contribution in [0.1, 0.15) is 41.6 Å². The average Bonchev–Trinajstić information content (AvgIpc) is 3.54. The highest BCUT2D eigenvalue weighted by molar-refractivity contribution is 7.89. The number of rotatable bonds is 9. The van der Waals surface area contributed by atoms with Gasteiger partial charge in [-0.15, -0.1) is 0 Å². The maximum atomic E-state index is 13.8. The first-order chi connectivity index (χ1) is 18.9. The summed E-state index contributed by atoms with van der Waals surface area (Å²) in [6.45, 7) is 1.39. The predicted molar refractivity (Wildman–Crippen MR) is 150 cm³/mol. The van der Waals surface area contributed by atoms with Crippen LogP contribution in [0.5, 0.6) is 0 Å². The average molecular weight is 565 g/mol. The second-order valence-corrected chi connectivity index (χ2v) is 12.3. The van der Waals surface area contributed by atoms with Crippen LogP contribution < -0.4 is 4.90 Å². The first kappa shape index (κ1) is 26.0. The van der Waals surface area contributed by atoms with E-state index in [0.717, 1.165) is 40.2 Å². The molecule has 0 bridgehead atoms. The molecule has 0 N–H and O–H groups in total. The Morgan fingerprint density at radius 1 is 1.10 bits per heavy atom. The zero-order valence-electron chi connectivity index (χ0n) is 21.5. The van der Waals surface area contributed by atoms with E-state index in [-0.39, 0.29) is 29.6 Å². The second kappa shape index (κ2) is 10.4. The summed E-state index contributed by atoms with van der Waals surface area (Å²) in [5.74, 6) is -0.200. The topological polar surface area (TPSA) is 110 Å². The fraction of sp³-hybridized carbons (Fsp3) is 0.357. The van der Waals surface area contributed by atoms with Crippen LogP contribution in [0.4, 0.5) is 5.69 Å².